The maximum atomic E-state index is 9.61. The van der Waals surface area contributed by atoms with Gasteiger partial charge in [0, 0.05) is 10.8 Å². The zero-order valence-corrected chi connectivity index (χ0v) is 22.6. The average molecular weight is 598 g/mol. The normalized spacial score (nSPS) is 19.3. The third-order valence-electron chi connectivity index (χ3n) is 7.29. The number of rotatable bonds is 4. The van der Waals surface area contributed by atoms with Gasteiger partial charge in [0.05, 0.1) is 34.3 Å². The molecule has 0 bridgehead atoms. The lowest BCUT2D eigenvalue weighted by atomic mass is 9.84. The van der Waals surface area contributed by atoms with Crippen molar-refractivity contribution in [3.8, 4) is 44.5 Å². The van der Waals surface area contributed by atoms with Crippen molar-refractivity contribution >= 4 is 43.5 Å². The van der Waals surface area contributed by atoms with Crippen molar-refractivity contribution < 1.29 is 38.7 Å². The number of hydrogen-bond donors (Lipinski definition) is 0. The Bertz CT molecular complexity index is 3810. The fraction of sp³-hybridized carbons (Fsp3) is 0. The van der Waals surface area contributed by atoms with E-state index in [1.165, 1.54) is 18.2 Å². The van der Waals surface area contributed by atoms with Gasteiger partial charge in [0.2, 0.25) is 0 Å². The van der Waals surface area contributed by atoms with Crippen LogP contribution in [0.2, 0.25) is 0 Å². The van der Waals surface area contributed by atoms with Gasteiger partial charge >= 0.3 is 0 Å². The van der Waals surface area contributed by atoms with Gasteiger partial charge in [0.1, 0.15) is 11.2 Å². The molecule has 8 aromatic carbocycles. The van der Waals surface area contributed by atoms with Gasteiger partial charge in [0.15, 0.2) is 0 Å². The Morgan fingerprint density at radius 3 is 1.56 bits per heavy atom. The van der Waals surface area contributed by atoms with Crippen molar-refractivity contribution in [1.82, 2.24) is 0 Å². The zero-order valence-electron chi connectivity index (χ0n) is 47.6. The molecule has 0 aliphatic carbocycles. The highest BCUT2D eigenvalue weighted by atomic mass is 16.3. The molecule has 0 saturated heterocycles. The van der Waals surface area contributed by atoms with Crippen LogP contribution in [0.4, 0.5) is 0 Å². The van der Waals surface area contributed by atoms with E-state index in [4.69, 9.17) is 27.7 Å². The Hall–Kier alpha value is -5.92. The molecule has 9 aromatic rings. The van der Waals surface area contributed by atoms with Gasteiger partial charge in [-0.2, -0.15) is 0 Å². The van der Waals surface area contributed by atoms with Crippen LogP contribution in [-0.4, -0.2) is 0 Å². The zero-order chi connectivity index (χ0) is 51.5. The Morgan fingerprint density at radius 2 is 0.911 bits per heavy atom. The minimum Gasteiger partial charge on any atom is -0.456 e. The SMILES string of the molecule is [2H]c1c([2H])c([2H])c(-c2c([2H])c([2H])c([2H])c(-c3c4c([2H])c([2H])c([2H])c([2H])c4c(-c4cccc5oc6c([2H])c(-c7c([2H])c([2H])c([2H])c([2H])c7[2H])c([2H])c([2H])c6c45)c4c([2H])c([2H])c([2H])c([2H])c34)c2[2H])c([2H])c1[2H]. The quantitative estimate of drug-likeness (QED) is 0.184. The molecule has 0 radical (unpaired) electrons. The van der Waals surface area contributed by atoms with Gasteiger partial charge in [-0.05, 0) is 90.2 Å². The number of benzene rings is 8. The molecule has 45 heavy (non-hydrogen) atoms. The van der Waals surface area contributed by atoms with E-state index < -0.39 is 212 Å². The molecule has 1 aromatic heterocycles. The maximum absolute atomic E-state index is 9.61. The summed E-state index contributed by atoms with van der Waals surface area (Å²) in [6, 6.07) is -17.2. The molecular weight excluding hydrogens is 544 g/mol. The molecule has 9 rings (SSSR count). The van der Waals surface area contributed by atoms with Crippen molar-refractivity contribution in [2.75, 3.05) is 0 Å². The molecule has 0 unspecified atom stereocenters. The summed E-state index contributed by atoms with van der Waals surface area (Å²) in [5.74, 6) is 0. The predicted molar refractivity (Wildman–Crippen MR) is 190 cm³/mol. The largest absolute Gasteiger partial charge is 0.456 e. The van der Waals surface area contributed by atoms with Gasteiger partial charge in [-0.1, -0.05) is 145 Å². The van der Waals surface area contributed by atoms with Crippen molar-refractivity contribution in [1.29, 1.82) is 0 Å². The van der Waals surface area contributed by atoms with Crippen LogP contribution in [-0.2, 0) is 0 Å². The summed E-state index contributed by atoms with van der Waals surface area (Å²) in [5, 5.41) is -2.63. The Morgan fingerprint density at radius 1 is 0.378 bits per heavy atom. The van der Waals surface area contributed by atoms with Gasteiger partial charge < -0.3 is 4.42 Å². The van der Waals surface area contributed by atoms with Crippen LogP contribution in [0.15, 0.2) is 174 Å². The van der Waals surface area contributed by atoms with Crippen molar-refractivity contribution in [3.05, 3.63) is 169 Å². The predicted octanol–water partition coefficient (Wildman–Crippen LogP) is 12.6. The van der Waals surface area contributed by atoms with Crippen LogP contribution in [0, 0.1) is 0 Å². The number of fused-ring (bicyclic) bond motifs is 5. The topological polar surface area (TPSA) is 13.1 Å². The lowest BCUT2D eigenvalue weighted by Gasteiger charge is -2.18. The average Bonchev–Trinajstić information content (AvgIpc) is 3.74. The lowest BCUT2D eigenvalue weighted by molar-refractivity contribution is 0.669. The maximum Gasteiger partial charge on any atom is 0.136 e. The molecule has 0 amide bonds. The fourth-order valence-corrected chi connectivity index (χ4v) is 5.45. The first-order valence-electron chi connectivity index (χ1n) is 25.9. The van der Waals surface area contributed by atoms with Crippen LogP contribution < -0.4 is 0 Å². The molecular formula is C44H28O. The minimum absolute atomic E-state index is 0.134. The van der Waals surface area contributed by atoms with E-state index in [-0.39, 0.29) is 27.5 Å². The summed E-state index contributed by atoms with van der Waals surface area (Å²) in [7, 11) is 0. The molecule has 0 saturated carbocycles. The van der Waals surface area contributed by atoms with Gasteiger partial charge in [-0.3, -0.25) is 0 Å². The second kappa shape index (κ2) is 10.4. The number of furan rings is 1. The van der Waals surface area contributed by atoms with Crippen LogP contribution in [0.5, 0.6) is 0 Å². The van der Waals surface area contributed by atoms with E-state index in [1.54, 1.807) is 0 Å². The van der Waals surface area contributed by atoms with E-state index in [0.717, 1.165) is 0 Å². The van der Waals surface area contributed by atoms with E-state index >= 15 is 0 Å². The molecule has 0 aliphatic rings. The third-order valence-corrected chi connectivity index (χ3v) is 7.29. The minimum atomic E-state index is -0.988. The van der Waals surface area contributed by atoms with Gasteiger partial charge in [-0.15, -0.1) is 0 Å². The third kappa shape index (κ3) is 4.17. The van der Waals surface area contributed by atoms with Gasteiger partial charge in [0.25, 0.3) is 0 Å². The molecule has 0 aliphatic heterocycles. The van der Waals surface area contributed by atoms with Crippen LogP contribution in [0.1, 0.15) is 34.3 Å². The molecule has 1 heteroatoms. The first kappa shape index (κ1) is 10.9. The summed E-state index contributed by atoms with van der Waals surface area (Å²) >= 11 is 0. The second-order valence-corrected chi connectivity index (χ2v) is 9.73. The van der Waals surface area contributed by atoms with E-state index in [0.29, 0.717) is 0 Å². The van der Waals surface area contributed by atoms with Crippen LogP contribution in [0.3, 0.4) is 0 Å². The van der Waals surface area contributed by atoms with Crippen molar-refractivity contribution in [2.45, 2.75) is 0 Å². The fourth-order valence-electron chi connectivity index (χ4n) is 5.45. The summed E-state index contributed by atoms with van der Waals surface area (Å²) < 4.78 is 228. The Kier molecular flexibility index (Phi) is 2.51. The Labute approximate surface area is 296 Å². The van der Waals surface area contributed by atoms with E-state index in [1.807, 2.05) is 0 Å². The monoisotopic (exact) mass is 597 g/mol. The molecule has 0 atom stereocenters. The summed E-state index contributed by atoms with van der Waals surface area (Å²) in [6.07, 6.45) is 0. The number of hydrogen-bond acceptors (Lipinski definition) is 1. The first-order valence-corrected chi connectivity index (χ1v) is 13.4. The highest BCUT2D eigenvalue weighted by molar-refractivity contribution is 6.25. The molecule has 1 nitrogen and oxygen atoms in total. The smallest absolute Gasteiger partial charge is 0.136 e. The summed E-state index contributed by atoms with van der Waals surface area (Å²) in [5.41, 5.74) is -5.11. The van der Waals surface area contributed by atoms with Gasteiger partial charge in [-0.25, -0.2) is 0 Å². The van der Waals surface area contributed by atoms with Crippen molar-refractivity contribution in [2.24, 2.45) is 0 Å². The van der Waals surface area contributed by atoms with Crippen molar-refractivity contribution in [3.63, 3.8) is 0 Å². The molecule has 210 valence electrons. The summed E-state index contributed by atoms with van der Waals surface area (Å²) in [4.78, 5) is 0. The second-order valence-electron chi connectivity index (χ2n) is 9.73. The molecule has 0 spiro atoms. The lowest BCUT2D eigenvalue weighted by Crippen LogP contribution is -1.91. The van der Waals surface area contributed by atoms with E-state index in [2.05, 4.69) is 0 Å². The summed E-state index contributed by atoms with van der Waals surface area (Å²) in [6.45, 7) is 0. The van der Waals surface area contributed by atoms with Crippen LogP contribution >= 0.6 is 0 Å². The van der Waals surface area contributed by atoms with E-state index in [9.17, 15) is 11.0 Å². The highest BCUT2D eigenvalue weighted by Gasteiger charge is 2.20. The van der Waals surface area contributed by atoms with Crippen LogP contribution in [0.25, 0.3) is 88.0 Å². The first-order chi connectivity index (χ1) is 32.7. The molecule has 0 N–H and O–H groups in total. The molecule has 1 heterocycles. The molecule has 0 fully saturated rings. The Balaban J connectivity index is 1.55. The standard InChI is InChI=1S/C44H28O/c1-3-13-29(14-4-1)31-17-11-18-33(27-31)42-34-19-7-9-21-36(34)43(37-22-10-8-20-35(37)42)39-23-12-24-40-44(39)38-26-25-32(28-41(38)45-40)30-15-5-2-6-16-30/h1-28H/i1D,2D,3D,4D,5D,6D,7D,8D,9D,10D,11D,13D,14D,15D,16D,17D,18D,19D,20D,21D,22D,25D,26D,27D,28D. The highest BCUT2D eigenvalue weighted by Crippen LogP contribution is 2.47.